The highest BCUT2D eigenvalue weighted by molar-refractivity contribution is 5.78. The van der Waals surface area contributed by atoms with Crippen LogP contribution in [0.2, 0.25) is 0 Å². The van der Waals surface area contributed by atoms with Crippen LogP contribution in [0.3, 0.4) is 0 Å². The van der Waals surface area contributed by atoms with Crippen molar-refractivity contribution in [2.75, 3.05) is 6.54 Å². The van der Waals surface area contributed by atoms with Crippen molar-refractivity contribution in [2.45, 2.75) is 32.2 Å². The van der Waals surface area contributed by atoms with Gasteiger partial charge in [0, 0.05) is 6.04 Å². The van der Waals surface area contributed by atoms with Crippen molar-refractivity contribution in [3.05, 3.63) is 0 Å². The number of nitrogens with zero attached hydrogens (tertiary/aromatic N) is 1. The zero-order valence-corrected chi connectivity index (χ0v) is 7.90. The van der Waals surface area contributed by atoms with Crippen molar-refractivity contribution < 1.29 is 17.6 Å². The van der Waals surface area contributed by atoms with E-state index in [0.29, 0.717) is 0 Å². The first-order valence-electron chi connectivity index (χ1n) is 3.98. The number of hydrogen-bond acceptors (Lipinski definition) is 1. The van der Waals surface area contributed by atoms with Gasteiger partial charge in [-0.1, -0.05) is 0 Å². The molecule has 0 radical (unpaired) electrons. The minimum Gasteiger partial charge on any atom is -0.370 e. The van der Waals surface area contributed by atoms with Crippen LogP contribution in [0.25, 0.3) is 0 Å². The van der Waals surface area contributed by atoms with E-state index in [1.807, 2.05) is 0 Å². The molecule has 0 heterocycles. The highest BCUT2D eigenvalue weighted by atomic mass is 19.3. The fraction of sp³-hybridized carbons (Fsp3) is 0.857. The molecule has 0 aromatic rings. The molecule has 3 N–H and O–H groups in total. The molecule has 0 spiro atoms. The SMILES string of the molecule is CC(C)NC(N)=NCC(F)(F)C(F)F. The Bertz CT molecular complexity index is 203. The van der Waals surface area contributed by atoms with Gasteiger partial charge in [-0.25, -0.2) is 13.8 Å². The molecule has 0 fully saturated rings. The molecule has 0 amide bonds. The van der Waals surface area contributed by atoms with Crippen molar-refractivity contribution in [1.82, 2.24) is 5.32 Å². The fourth-order valence-corrected chi connectivity index (χ4v) is 0.601. The number of rotatable bonds is 4. The summed E-state index contributed by atoms with van der Waals surface area (Å²) >= 11 is 0. The van der Waals surface area contributed by atoms with Crippen LogP contribution in [0, 0.1) is 0 Å². The smallest absolute Gasteiger partial charge is 0.326 e. The van der Waals surface area contributed by atoms with Crippen molar-refractivity contribution in [2.24, 2.45) is 10.7 Å². The maximum absolute atomic E-state index is 12.3. The summed E-state index contributed by atoms with van der Waals surface area (Å²) in [4.78, 5) is 3.11. The second-order valence-electron chi connectivity index (χ2n) is 3.06. The molecular weight excluding hydrogens is 202 g/mol. The van der Waals surface area contributed by atoms with Crippen LogP contribution < -0.4 is 11.1 Å². The first-order chi connectivity index (χ1) is 6.25. The zero-order chi connectivity index (χ0) is 11.4. The minimum absolute atomic E-state index is 0.0843. The van der Waals surface area contributed by atoms with Crippen LogP contribution in [0.5, 0.6) is 0 Å². The number of aliphatic imine (C=N–C) groups is 1. The van der Waals surface area contributed by atoms with Gasteiger partial charge in [-0.2, -0.15) is 8.78 Å². The quantitative estimate of drug-likeness (QED) is 0.420. The van der Waals surface area contributed by atoms with Crippen LogP contribution in [0.4, 0.5) is 17.6 Å². The average Bonchev–Trinajstić information content (AvgIpc) is 1.99. The van der Waals surface area contributed by atoms with Gasteiger partial charge >= 0.3 is 12.3 Å². The summed E-state index contributed by atoms with van der Waals surface area (Å²) in [6.45, 7) is 2.12. The van der Waals surface area contributed by atoms with Crippen molar-refractivity contribution in [3.63, 3.8) is 0 Å². The van der Waals surface area contributed by atoms with E-state index in [1.54, 1.807) is 13.8 Å². The molecule has 0 aromatic heterocycles. The van der Waals surface area contributed by atoms with E-state index in [9.17, 15) is 17.6 Å². The summed E-state index contributed by atoms with van der Waals surface area (Å²) in [6, 6.07) is -0.0843. The maximum atomic E-state index is 12.3. The third-order valence-electron chi connectivity index (χ3n) is 1.22. The van der Waals surface area contributed by atoms with Crippen molar-refractivity contribution >= 4 is 5.96 Å². The van der Waals surface area contributed by atoms with E-state index >= 15 is 0 Å². The molecule has 0 saturated carbocycles. The predicted molar refractivity (Wildman–Crippen MR) is 45.7 cm³/mol. The number of alkyl halides is 4. The lowest BCUT2D eigenvalue weighted by Crippen LogP contribution is -2.39. The lowest BCUT2D eigenvalue weighted by Gasteiger charge is -2.13. The van der Waals surface area contributed by atoms with Gasteiger partial charge in [0.15, 0.2) is 5.96 Å². The van der Waals surface area contributed by atoms with Crippen LogP contribution in [-0.2, 0) is 0 Å². The van der Waals surface area contributed by atoms with E-state index < -0.39 is 18.9 Å². The molecule has 14 heavy (non-hydrogen) atoms. The third kappa shape index (κ3) is 4.88. The Kier molecular flexibility index (Phi) is 4.65. The summed E-state index contributed by atoms with van der Waals surface area (Å²) in [7, 11) is 0. The lowest BCUT2D eigenvalue weighted by molar-refractivity contribution is -0.120. The number of hydrogen-bond donors (Lipinski definition) is 2. The lowest BCUT2D eigenvalue weighted by atomic mass is 10.3. The third-order valence-corrected chi connectivity index (χ3v) is 1.22. The van der Waals surface area contributed by atoms with Crippen LogP contribution in [0.1, 0.15) is 13.8 Å². The molecular formula is C7H13F4N3. The molecule has 0 atom stereocenters. The Morgan fingerprint density at radius 2 is 1.93 bits per heavy atom. The zero-order valence-electron chi connectivity index (χ0n) is 7.90. The van der Waals surface area contributed by atoms with E-state index in [1.165, 1.54) is 0 Å². The standard InChI is InChI=1S/C7H13F4N3/c1-4(2)14-6(12)13-3-7(10,11)5(8)9/h4-5H,3H2,1-2H3,(H3,12,13,14). The first-order valence-corrected chi connectivity index (χ1v) is 3.98. The van der Waals surface area contributed by atoms with Crippen molar-refractivity contribution in [1.29, 1.82) is 0 Å². The van der Waals surface area contributed by atoms with Gasteiger partial charge in [-0.15, -0.1) is 0 Å². The average molecular weight is 215 g/mol. The molecule has 0 rings (SSSR count). The van der Waals surface area contributed by atoms with Crippen LogP contribution >= 0.6 is 0 Å². The number of nitrogens with two attached hydrogens (primary N) is 1. The Morgan fingerprint density at radius 1 is 1.43 bits per heavy atom. The second-order valence-corrected chi connectivity index (χ2v) is 3.06. The molecule has 0 saturated heterocycles. The predicted octanol–water partition coefficient (Wildman–Crippen LogP) is 1.20. The van der Waals surface area contributed by atoms with E-state index in [0.717, 1.165) is 0 Å². The Labute approximate surface area is 79.4 Å². The van der Waals surface area contributed by atoms with Crippen LogP contribution in [0.15, 0.2) is 4.99 Å². The van der Waals surface area contributed by atoms with E-state index in [2.05, 4.69) is 10.3 Å². The van der Waals surface area contributed by atoms with E-state index in [-0.39, 0.29) is 12.0 Å². The normalized spacial score (nSPS) is 13.9. The van der Waals surface area contributed by atoms with Gasteiger partial charge in [-0.3, -0.25) is 0 Å². The van der Waals surface area contributed by atoms with Gasteiger partial charge in [0.25, 0.3) is 0 Å². The summed E-state index contributed by atoms with van der Waals surface area (Å²) in [5.74, 6) is -4.39. The van der Waals surface area contributed by atoms with Crippen LogP contribution in [-0.4, -0.2) is 30.9 Å². The second kappa shape index (κ2) is 5.02. The number of halogens is 4. The summed E-state index contributed by atoms with van der Waals surface area (Å²) in [5, 5.41) is 2.50. The Hall–Kier alpha value is -1.01. The largest absolute Gasteiger partial charge is 0.370 e. The molecule has 0 bridgehead atoms. The summed E-state index contributed by atoms with van der Waals surface area (Å²) in [5.41, 5.74) is 5.14. The van der Waals surface area contributed by atoms with E-state index in [4.69, 9.17) is 5.73 Å². The van der Waals surface area contributed by atoms with Gasteiger partial charge in [-0.05, 0) is 13.8 Å². The molecule has 0 aromatic carbocycles. The van der Waals surface area contributed by atoms with Gasteiger partial charge in [0.05, 0.1) is 0 Å². The molecule has 0 unspecified atom stereocenters. The van der Waals surface area contributed by atoms with Gasteiger partial charge in [0.2, 0.25) is 0 Å². The first kappa shape index (κ1) is 13.0. The number of nitrogens with one attached hydrogen (secondary N) is 1. The molecule has 3 nitrogen and oxygen atoms in total. The summed E-state index contributed by atoms with van der Waals surface area (Å²) in [6.07, 6.45) is -3.72. The van der Waals surface area contributed by atoms with Crippen molar-refractivity contribution in [3.8, 4) is 0 Å². The van der Waals surface area contributed by atoms with Gasteiger partial charge < -0.3 is 11.1 Å². The molecule has 0 aliphatic carbocycles. The monoisotopic (exact) mass is 215 g/mol. The molecule has 0 aliphatic heterocycles. The minimum atomic E-state index is -4.12. The Morgan fingerprint density at radius 3 is 2.29 bits per heavy atom. The Balaban J connectivity index is 4.14. The molecule has 0 aliphatic rings. The molecule has 7 heteroatoms. The maximum Gasteiger partial charge on any atom is 0.326 e. The fourth-order valence-electron chi connectivity index (χ4n) is 0.601. The number of guanidine groups is 1. The highest BCUT2D eigenvalue weighted by Crippen LogP contribution is 2.22. The molecule has 84 valence electrons. The highest BCUT2D eigenvalue weighted by Gasteiger charge is 2.40. The van der Waals surface area contributed by atoms with Gasteiger partial charge in [0.1, 0.15) is 6.54 Å². The topological polar surface area (TPSA) is 50.4 Å². The summed E-state index contributed by atoms with van der Waals surface area (Å²) < 4.78 is 47.9.